The maximum absolute atomic E-state index is 13.0. The Hall–Kier alpha value is -1.42. The summed E-state index contributed by atoms with van der Waals surface area (Å²) < 4.78 is 0. The van der Waals surface area contributed by atoms with Crippen molar-refractivity contribution in [2.45, 2.75) is 84.1 Å². The van der Waals surface area contributed by atoms with Crippen molar-refractivity contribution < 1.29 is 4.79 Å². The number of nitrogens with zero attached hydrogens (tertiary/aromatic N) is 2. The van der Waals surface area contributed by atoms with E-state index in [2.05, 4.69) is 22.1 Å². The highest BCUT2D eigenvalue weighted by molar-refractivity contribution is 5.76. The first kappa shape index (κ1) is 21.8. The summed E-state index contributed by atoms with van der Waals surface area (Å²) in [4.78, 5) is 19.3. The predicted molar refractivity (Wildman–Crippen MR) is 122 cm³/mol. The molecule has 4 heteroatoms. The van der Waals surface area contributed by atoms with Crippen LogP contribution in [-0.4, -0.2) is 35.4 Å². The van der Waals surface area contributed by atoms with Gasteiger partial charge in [-0.3, -0.25) is 9.78 Å². The average molecular weight is 412 g/mol. The van der Waals surface area contributed by atoms with Crippen molar-refractivity contribution in [3.05, 3.63) is 30.1 Å². The lowest BCUT2D eigenvalue weighted by molar-refractivity contribution is -0.132. The van der Waals surface area contributed by atoms with Gasteiger partial charge in [-0.2, -0.15) is 0 Å². The quantitative estimate of drug-likeness (QED) is 0.482. The van der Waals surface area contributed by atoms with Crippen molar-refractivity contribution in [1.29, 1.82) is 0 Å². The molecule has 1 heterocycles. The maximum atomic E-state index is 13.0. The third-order valence-corrected chi connectivity index (χ3v) is 8.06. The third kappa shape index (κ3) is 5.63. The average Bonchev–Trinajstić information content (AvgIpc) is 2.73. The van der Waals surface area contributed by atoms with Crippen LogP contribution in [-0.2, 0) is 11.3 Å². The number of amides is 1. The van der Waals surface area contributed by atoms with Gasteiger partial charge in [-0.25, -0.2) is 0 Å². The van der Waals surface area contributed by atoms with Gasteiger partial charge in [-0.05, 0) is 92.2 Å². The zero-order valence-electron chi connectivity index (χ0n) is 19.0. The summed E-state index contributed by atoms with van der Waals surface area (Å²) in [6.07, 6.45) is 17.9. The second-order valence-electron chi connectivity index (χ2n) is 10.5. The highest BCUT2D eigenvalue weighted by atomic mass is 16.2. The summed E-state index contributed by atoms with van der Waals surface area (Å²) in [5.41, 5.74) is 1.79. The smallest absolute Gasteiger partial charge is 0.223 e. The lowest BCUT2D eigenvalue weighted by Crippen LogP contribution is -2.47. The van der Waals surface area contributed by atoms with Gasteiger partial charge in [0.05, 0.1) is 0 Å². The zero-order valence-corrected chi connectivity index (χ0v) is 19.0. The Bertz CT molecular complexity index is 639. The summed E-state index contributed by atoms with van der Waals surface area (Å²) in [7, 11) is 0. The third-order valence-electron chi connectivity index (χ3n) is 8.06. The molecule has 0 spiro atoms. The lowest BCUT2D eigenvalue weighted by atomic mass is 9.49. The number of pyridine rings is 1. The Labute approximate surface area is 183 Å². The summed E-state index contributed by atoms with van der Waals surface area (Å²) in [6.45, 7) is 5.73. The number of hydrogen-bond acceptors (Lipinski definition) is 3. The molecule has 5 rings (SSSR count). The fourth-order valence-electron chi connectivity index (χ4n) is 6.97. The van der Waals surface area contributed by atoms with Crippen LogP contribution < -0.4 is 5.32 Å². The van der Waals surface area contributed by atoms with E-state index in [1.807, 2.05) is 24.5 Å². The van der Waals surface area contributed by atoms with Crippen molar-refractivity contribution >= 4 is 5.91 Å². The highest BCUT2D eigenvalue weighted by Crippen LogP contribution is 2.61. The Kier molecular flexibility index (Phi) is 7.45. The highest BCUT2D eigenvalue weighted by Gasteiger charge is 2.50. The zero-order chi connectivity index (χ0) is 20.8. The van der Waals surface area contributed by atoms with E-state index in [0.717, 1.165) is 50.4 Å². The second kappa shape index (κ2) is 10.3. The van der Waals surface area contributed by atoms with Crippen LogP contribution in [0.5, 0.6) is 0 Å². The van der Waals surface area contributed by atoms with Crippen LogP contribution in [0.3, 0.4) is 0 Å². The molecule has 4 fully saturated rings. The number of hydrogen-bond donors (Lipinski definition) is 1. The predicted octanol–water partition coefficient (Wildman–Crippen LogP) is 5.19. The van der Waals surface area contributed by atoms with E-state index in [-0.39, 0.29) is 0 Å². The molecule has 30 heavy (non-hydrogen) atoms. The molecule has 4 aliphatic rings. The fourth-order valence-corrected chi connectivity index (χ4v) is 6.97. The van der Waals surface area contributed by atoms with E-state index in [1.165, 1.54) is 63.4 Å². The molecule has 0 atom stereocenters. The van der Waals surface area contributed by atoms with Crippen molar-refractivity contribution in [2.75, 3.05) is 19.6 Å². The van der Waals surface area contributed by atoms with E-state index in [4.69, 9.17) is 0 Å². The van der Waals surface area contributed by atoms with Crippen LogP contribution in [0.4, 0.5) is 0 Å². The molecule has 0 radical (unpaired) electrons. The van der Waals surface area contributed by atoms with Gasteiger partial charge in [0.1, 0.15) is 0 Å². The first-order chi connectivity index (χ1) is 14.7. The van der Waals surface area contributed by atoms with Gasteiger partial charge in [-0.1, -0.05) is 19.8 Å². The molecule has 4 nitrogen and oxygen atoms in total. The maximum Gasteiger partial charge on any atom is 0.223 e. The van der Waals surface area contributed by atoms with E-state index in [1.54, 1.807) is 0 Å². The van der Waals surface area contributed by atoms with Crippen LogP contribution >= 0.6 is 0 Å². The number of unbranched alkanes of at least 4 members (excludes halogenated alkanes) is 2. The SMILES string of the molecule is CCCCCN(CCC12CC3CC(CC(C3)C1)C2)C(=O)CCNCc1ccncc1. The molecule has 0 aliphatic heterocycles. The van der Waals surface area contributed by atoms with Gasteiger partial charge in [0.25, 0.3) is 0 Å². The van der Waals surface area contributed by atoms with E-state index >= 15 is 0 Å². The molecule has 0 aromatic carbocycles. The molecular formula is C26H41N3O. The van der Waals surface area contributed by atoms with E-state index in [9.17, 15) is 4.79 Å². The molecule has 0 saturated heterocycles. The first-order valence-corrected chi connectivity index (χ1v) is 12.5. The number of rotatable bonds is 12. The molecule has 4 saturated carbocycles. The van der Waals surface area contributed by atoms with Crippen LogP contribution in [0.1, 0.15) is 83.1 Å². The van der Waals surface area contributed by atoms with Gasteiger partial charge in [0, 0.05) is 45.0 Å². The van der Waals surface area contributed by atoms with Crippen LogP contribution in [0, 0.1) is 23.2 Å². The van der Waals surface area contributed by atoms with Crippen LogP contribution in [0.25, 0.3) is 0 Å². The van der Waals surface area contributed by atoms with Gasteiger partial charge >= 0.3 is 0 Å². The summed E-state index contributed by atoms with van der Waals surface area (Å²) in [5, 5.41) is 3.43. The molecule has 1 aromatic heterocycles. The number of carbonyl (C=O) groups is 1. The molecule has 1 aromatic rings. The molecule has 166 valence electrons. The standard InChI is InChI=1S/C26H41N3O/c1-2-3-4-12-29(25(30)7-11-28-20-21-5-9-27-10-6-21)13-8-26-17-22-14-23(18-26)16-24(15-22)19-26/h5-6,9-10,22-24,28H,2-4,7-8,11-20H2,1H3. The summed E-state index contributed by atoms with van der Waals surface area (Å²) in [6, 6.07) is 4.05. The lowest BCUT2D eigenvalue weighted by Gasteiger charge is -2.57. The summed E-state index contributed by atoms with van der Waals surface area (Å²) >= 11 is 0. The van der Waals surface area contributed by atoms with Crippen LogP contribution in [0.15, 0.2) is 24.5 Å². The molecule has 4 aliphatic carbocycles. The van der Waals surface area contributed by atoms with Crippen LogP contribution in [0.2, 0.25) is 0 Å². The topological polar surface area (TPSA) is 45.2 Å². The number of aromatic nitrogens is 1. The Morgan fingerprint density at radius 3 is 2.37 bits per heavy atom. The van der Waals surface area contributed by atoms with E-state index in [0.29, 0.717) is 17.7 Å². The van der Waals surface area contributed by atoms with Gasteiger partial charge in [-0.15, -0.1) is 0 Å². The Morgan fingerprint density at radius 2 is 1.73 bits per heavy atom. The Morgan fingerprint density at radius 1 is 1.07 bits per heavy atom. The summed E-state index contributed by atoms with van der Waals surface area (Å²) in [5.74, 6) is 3.34. The number of nitrogens with one attached hydrogen (secondary N) is 1. The fraction of sp³-hybridized carbons (Fsp3) is 0.769. The molecule has 1 N–H and O–H groups in total. The minimum atomic E-state index is 0.345. The van der Waals surface area contributed by atoms with Crippen molar-refractivity contribution in [3.8, 4) is 0 Å². The van der Waals surface area contributed by atoms with Crippen molar-refractivity contribution in [2.24, 2.45) is 23.2 Å². The van der Waals surface area contributed by atoms with Gasteiger partial charge in [0.2, 0.25) is 5.91 Å². The largest absolute Gasteiger partial charge is 0.343 e. The van der Waals surface area contributed by atoms with Gasteiger partial charge in [0.15, 0.2) is 0 Å². The van der Waals surface area contributed by atoms with Gasteiger partial charge < -0.3 is 10.2 Å². The van der Waals surface area contributed by atoms with Crippen molar-refractivity contribution in [3.63, 3.8) is 0 Å². The molecule has 0 unspecified atom stereocenters. The molecule has 4 bridgehead atoms. The Balaban J connectivity index is 1.26. The molecular weight excluding hydrogens is 370 g/mol. The minimum absolute atomic E-state index is 0.345. The second-order valence-corrected chi connectivity index (χ2v) is 10.5. The van der Waals surface area contributed by atoms with E-state index < -0.39 is 0 Å². The first-order valence-electron chi connectivity index (χ1n) is 12.5. The monoisotopic (exact) mass is 411 g/mol. The number of carbonyl (C=O) groups excluding carboxylic acids is 1. The minimum Gasteiger partial charge on any atom is -0.343 e. The molecule has 1 amide bonds. The van der Waals surface area contributed by atoms with Crippen molar-refractivity contribution in [1.82, 2.24) is 15.2 Å². The normalized spacial score (nSPS) is 29.3.